The van der Waals surface area contributed by atoms with E-state index in [2.05, 4.69) is 147 Å². The van der Waals surface area contributed by atoms with Crippen LogP contribution in [0.3, 0.4) is 0 Å². The molecule has 0 spiro atoms. The molecule has 8 rings (SSSR count). The SMILES string of the molecule is CC1(C)c2cc(-c3cccc(-c4ccccc4)c3)ccc2-c2ccc3c4ccccc4c4ccccc4c3c21. The van der Waals surface area contributed by atoms with Gasteiger partial charge in [-0.2, -0.15) is 0 Å². The van der Waals surface area contributed by atoms with Gasteiger partial charge in [0.25, 0.3) is 0 Å². The fourth-order valence-electron chi connectivity index (χ4n) is 6.99. The van der Waals surface area contributed by atoms with E-state index in [0.29, 0.717) is 0 Å². The minimum absolute atomic E-state index is 0.123. The second-order valence-electron chi connectivity index (χ2n) is 11.3. The highest BCUT2D eigenvalue weighted by Crippen LogP contribution is 2.54. The van der Waals surface area contributed by atoms with E-state index in [1.807, 2.05) is 0 Å². The van der Waals surface area contributed by atoms with Crippen molar-refractivity contribution < 1.29 is 0 Å². The van der Waals surface area contributed by atoms with E-state index in [0.717, 1.165) is 0 Å². The van der Waals surface area contributed by atoms with Gasteiger partial charge in [0, 0.05) is 5.41 Å². The van der Waals surface area contributed by atoms with Crippen molar-refractivity contribution >= 4 is 32.3 Å². The molecule has 0 heteroatoms. The van der Waals surface area contributed by atoms with Crippen molar-refractivity contribution in [1.82, 2.24) is 0 Å². The number of hydrogen-bond donors (Lipinski definition) is 0. The normalized spacial score (nSPS) is 13.6. The highest BCUT2D eigenvalue weighted by molar-refractivity contribution is 6.27. The summed E-state index contributed by atoms with van der Waals surface area (Å²) in [5.41, 5.74) is 10.5. The molecule has 0 nitrogen and oxygen atoms in total. The van der Waals surface area contributed by atoms with E-state index in [4.69, 9.17) is 0 Å². The standard InChI is InChI=1S/C39H28/c1-39(2)36-24-28(27-14-10-13-26(23-27)25-11-4-3-5-12-25)19-20-32(36)35-22-21-34-31-17-7-6-15-29(31)30-16-8-9-18-33(30)37(34)38(35)39/h3-24H,1-2H3. The van der Waals surface area contributed by atoms with Gasteiger partial charge in [0.2, 0.25) is 0 Å². The molecule has 184 valence electrons. The van der Waals surface area contributed by atoms with Gasteiger partial charge in [0.05, 0.1) is 0 Å². The summed E-state index contributed by atoms with van der Waals surface area (Å²) in [6, 6.07) is 49.2. The number of benzene rings is 7. The van der Waals surface area contributed by atoms with E-state index < -0.39 is 0 Å². The monoisotopic (exact) mass is 496 g/mol. The maximum atomic E-state index is 2.44. The van der Waals surface area contributed by atoms with Crippen LogP contribution in [0.2, 0.25) is 0 Å². The molecule has 7 aromatic rings. The quantitative estimate of drug-likeness (QED) is 0.209. The topological polar surface area (TPSA) is 0 Å². The molecule has 1 aliphatic carbocycles. The molecule has 0 bridgehead atoms. The molecule has 0 aromatic heterocycles. The summed E-state index contributed by atoms with van der Waals surface area (Å²) in [5, 5.41) is 8.09. The first-order valence-electron chi connectivity index (χ1n) is 13.8. The first-order valence-corrected chi connectivity index (χ1v) is 13.8. The van der Waals surface area contributed by atoms with Crippen LogP contribution < -0.4 is 0 Å². The Bertz CT molecular complexity index is 2040. The molecule has 0 amide bonds. The van der Waals surface area contributed by atoms with Crippen LogP contribution in [0, 0.1) is 0 Å². The third kappa shape index (κ3) is 3.18. The van der Waals surface area contributed by atoms with Gasteiger partial charge in [-0.25, -0.2) is 0 Å². The second kappa shape index (κ2) is 8.16. The molecule has 39 heavy (non-hydrogen) atoms. The molecule has 0 radical (unpaired) electrons. The van der Waals surface area contributed by atoms with E-state index >= 15 is 0 Å². The summed E-state index contributed by atoms with van der Waals surface area (Å²) in [7, 11) is 0. The zero-order valence-corrected chi connectivity index (χ0v) is 22.2. The molecule has 0 fully saturated rings. The van der Waals surface area contributed by atoms with Crippen LogP contribution in [0.5, 0.6) is 0 Å². The smallest absolute Gasteiger partial charge is 0.0165 e. The van der Waals surface area contributed by atoms with Crippen molar-refractivity contribution in [3.8, 4) is 33.4 Å². The Morgan fingerprint density at radius 3 is 1.62 bits per heavy atom. The van der Waals surface area contributed by atoms with Crippen molar-refractivity contribution in [2.24, 2.45) is 0 Å². The lowest BCUT2D eigenvalue weighted by molar-refractivity contribution is 0.667. The Labute approximate surface area is 229 Å². The van der Waals surface area contributed by atoms with E-state index in [1.54, 1.807) is 0 Å². The van der Waals surface area contributed by atoms with Gasteiger partial charge in [-0.05, 0) is 89.0 Å². The zero-order chi connectivity index (χ0) is 26.1. The van der Waals surface area contributed by atoms with Gasteiger partial charge in [0.15, 0.2) is 0 Å². The molecule has 0 unspecified atom stereocenters. The molecular weight excluding hydrogens is 468 g/mol. The Morgan fingerprint density at radius 2 is 0.897 bits per heavy atom. The Kier molecular flexibility index (Phi) is 4.67. The van der Waals surface area contributed by atoms with Crippen molar-refractivity contribution in [2.45, 2.75) is 19.3 Å². The second-order valence-corrected chi connectivity index (χ2v) is 11.3. The molecule has 0 heterocycles. The molecule has 1 aliphatic rings. The highest BCUT2D eigenvalue weighted by atomic mass is 14.4. The lowest BCUT2D eigenvalue weighted by Gasteiger charge is -2.25. The van der Waals surface area contributed by atoms with Crippen LogP contribution in [-0.2, 0) is 5.41 Å². The van der Waals surface area contributed by atoms with Gasteiger partial charge in [-0.3, -0.25) is 0 Å². The van der Waals surface area contributed by atoms with E-state index in [-0.39, 0.29) is 5.41 Å². The summed E-state index contributed by atoms with van der Waals surface area (Å²) in [4.78, 5) is 0. The maximum Gasteiger partial charge on any atom is 0.0165 e. The number of hydrogen-bond acceptors (Lipinski definition) is 0. The molecular formula is C39H28. The third-order valence-corrected chi connectivity index (χ3v) is 8.82. The van der Waals surface area contributed by atoms with E-state index in [9.17, 15) is 0 Å². The predicted octanol–water partition coefficient (Wildman–Crippen LogP) is 10.8. The summed E-state index contributed by atoms with van der Waals surface area (Å²) in [5.74, 6) is 0. The minimum Gasteiger partial charge on any atom is -0.0622 e. The molecule has 0 saturated heterocycles. The van der Waals surface area contributed by atoms with Crippen molar-refractivity contribution in [1.29, 1.82) is 0 Å². The van der Waals surface area contributed by atoms with Gasteiger partial charge >= 0.3 is 0 Å². The van der Waals surface area contributed by atoms with Crippen LogP contribution >= 0.6 is 0 Å². The average molecular weight is 497 g/mol. The highest BCUT2D eigenvalue weighted by Gasteiger charge is 2.37. The first-order chi connectivity index (χ1) is 19.1. The Balaban J connectivity index is 1.36. The lowest BCUT2D eigenvalue weighted by atomic mass is 9.78. The lowest BCUT2D eigenvalue weighted by Crippen LogP contribution is -2.15. The van der Waals surface area contributed by atoms with Crippen molar-refractivity contribution in [3.05, 3.63) is 145 Å². The number of rotatable bonds is 2. The molecule has 0 N–H and O–H groups in total. The van der Waals surface area contributed by atoms with Gasteiger partial charge in [-0.15, -0.1) is 0 Å². The van der Waals surface area contributed by atoms with Gasteiger partial charge in [0.1, 0.15) is 0 Å². The molecule has 0 saturated carbocycles. The Hall–Kier alpha value is -4.68. The van der Waals surface area contributed by atoms with Crippen LogP contribution in [-0.4, -0.2) is 0 Å². The average Bonchev–Trinajstić information content (AvgIpc) is 3.23. The molecule has 7 aromatic carbocycles. The van der Waals surface area contributed by atoms with Crippen LogP contribution in [0.15, 0.2) is 133 Å². The predicted molar refractivity (Wildman–Crippen MR) is 167 cm³/mol. The first kappa shape index (κ1) is 22.3. The minimum atomic E-state index is -0.123. The third-order valence-electron chi connectivity index (χ3n) is 8.82. The summed E-state index contributed by atoms with van der Waals surface area (Å²) in [6.07, 6.45) is 0. The fourth-order valence-corrected chi connectivity index (χ4v) is 6.99. The fraction of sp³-hybridized carbons (Fsp3) is 0.0769. The van der Waals surface area contributed by atoms with Crippen molar-refractivity contribution in [3.63, 3.8) is 0 Å². The summed E-state index contributed by atoms with van der Waals surface area (Å²) < 4.78 is 0. The largest absolute Gasteiger partial charge is 0.0622 e. The van der Waals surface area contributed by atoms with Crippen LogP contribution in [0.4, 0.5) is 0 Å². The van der Waals surface area contributed by atoms with Gasteiger partial charge < -0.3 is 0 Å². The van der Waals surface area contributed by atoms with E-state index in [1.165, 1.54) is 76.8 Å². The molecule has 0 atom stereocenters. The maximum absolute atomic E-state index is 2.44. The summed E-state index contributed by atoms with van der Waals surface area (Å²) in [6.45, 7) is 4.82. The number of fused-ring (bicyclic) bond motifs is 10. The van der Waals surface area contributed by atoms with Crippen LogP contribution in [0.25, 0.3) is 65.7 Å². The van der Waals surface area contributed by atoms with Crippen molar-refractivity contribution in [2.75, 3.05) is 0 Å². The zero-order valence-electron chi connectivity index (χ0n) is 22.2. The van der Waals surface area contributed by atoms with Crippen LogP contribution in [0.1, 0.15) is 25.0 Å². The summed E-state index contributed by atoms with van der Waals surface area (Å²) >= 11 is 0. The molecule has 0 aliphatic heterocycles. The Morgan fingerprint density at radius 1 is 0.385 bits per heavy atom. The van der Waals surface area contributed by atoms with Gasteiger partial charge in [-0.1, -0.05) is 135 Å².